The van der Waals surface area contributed by atoms with Crippen molar-refractivity contribution >= 4 is 5.97 Å². The first-order valence-electron chi connectivity index (χ1n) is 5.56. The SMILES string of the molecule is O=C(O)c1ccc2n1CCNC2c1cc[nH]c1. The molecule has 1 aliphatic rings. The third-order valence-corrected chi connectivity index (χ3v) is 3.17. The summed E-state index contributed by atoms with van der Waals surface area (Å²) < 4.78 is 1.87. The van der Waals surface area contributed by atoms with Gasteiger partial charge in [-0.05, 0) is 23.8 Å². The molecule has 0 spiro atoms. The molecule has 0 saturated heterocycles. The largest absolute Gasteiger partial charge is 0.477 e. The fraction of sp³-hybridized carbons (Fsp3) is 0.250. The monoisotopic (exact) mass is 231 g/mol. The fourth-order valence-corrected chi connectivity index (χ4v) is 2.40. The number of aromatic carboxylic acids is 1. The molecule has 0 amide bonds. The van der Waals surface area contributed by atoms with Crippen molar-refractivity contribution in [1.29, 1.82) is 0 Å². The number of aromatic amines is 1. The zero-order valence-electron chi connectivity index (χ0n) is 9.18. The first-order chi connectivity index (χ1) is 8.27. The molecule has 5 nitrogen and oxygen atoms in total. The highest BCUT2D eigenvalue weighted by molar-refractivity contribution is 5.86. The number of carboxylic acid groups (broad SMARTS) is 1. The summed E-state index contributed by atoms with van der Waals surface area (Å²) in [6.45, 7) is 1.47. The summed E-state index contributed by atoms with van der Waals surface area (Å²) >= 11 is 0. The number of hydrogen-bond acceptors (Lipinski definition) is 2. The van der Waals surface area contributed by atoms with E-state index < -0.39 is 5.97 Å². The van der Waals surface area contributed by atoms with Gasteiger partial charge in [0.25, 0.3) is 0 Å². The van der Waals surface area contributed by atoms with Crippen LogP contribution in [0.1, 0.15) is 27.8 Å². The molecule has 1 aliphatic heterocycles. The van der Waals surface area contributed by atoms with E-state index in [4.69, 9.17) is 5.11 Å². The normalized spacial score (nSPS) is 18.9. The molecule has 0 aromatic carbocycles. The van der Waals surface area contributed by atoms with Crippen molar-refractivity contribution in [1.82, 2.24) is 14.9 Å². The average molecular weight is 231 g/mol. The Morgan fingerprint density at radius 2 is 2.29 bits per heavy atom. The van der Waals surface area contributed by atoms with Crippen LogP contribution in [0.4, 0.5) is 0 Å². The topological polar surface area (TPSA) is 70.0 Å². The van der Waals surface area contributed by atoms with Crippen LogP contribution < -0.4 is 5.32 Å². The van der Waals surface area contributed by atoms with Gasteiger partial charge in [-0.1, -0.05) is 0 Å². The lowest BCUT2D eigenvalue weighted by atomic mass is 10.1. The molecule has 0 fully saturated rings. The second-order valence-electron chi connectivity index (χ2n) is 4.13. The number of carboxylic acids is 1. The summed E-state index contributed by atoms with van der Waals surface area (Å²) in [5, 5.41) is 12.5. The predicted octanol–water partition coefficient (Wildman–Crippen LogP) is 1.21. The van der Waals surface area contributed by atoms with Crippen molar-refractivity contribution in [2.75, 3.05) is 6.54 Å². The molecule has 3 N–H and O–H groups in total. The smallest absolute Gasteiger partial charge is 0.352 e. The van der Waals surface area contributed by atoms with E-state index >= 15 is 0 Å². The second-order valence-corrected chi connectivity index (χ2v) is 4.13. The minimum Gasteiger partial charge on any atom is -0.477 e. The summed E-state index contributed by atoms with van der Waals surface area (Å²) in [5.74, 6) is -0.869. The Balaban J connectivity index is 2.06. The molecule has 0 aliphatic carbocycles. The number of nitrogens with zero attached hydrogens (tertiary/aromatic N) is 1. The summed E-state index contributed by atoms with van der Waals surface area (Å²) in [5.41, 5.74) is 2.50. The van der Waals surface area contributed by atoms with Gasteiger partial charge in [-0.2, -0.15) is 0 Å². The van der Waals surface area contributed by atoms with Crippen LogP contribution in [-0.2, 0) is 6.54 Å². The Bertz CT molecular complexity index is 542. The van der Waals surface area contributed by atoms with E-state index in [1.807, 2.05) is 29.1 Å². The van der Waals surface area contributed by atoms with Gasteiger partial charge in [0.2, 0.25) is 0 Å². The van der Waals surface area contributed by atoms with Crippen molar-refractivity contribution in [3.05, 3.63) is 47.5 Å². The minimum absolute atomic E-state index is 0.0723. The first-order valence-corrected chi connectivity index (χ1v) is 5.56. The summed E-state index contributed by atoms with van der Waals surface area (Å²) in [6, 6.07) is 5.63. The fourth-order valence-electron chi connectivity index (χ4n) is 2.40. The van der Waals surface area contributed by atoms with Crippen LogP contribution in [0.2, 0.25) is 0 Å². The number of fused-ring (bicyclic) bond motifs is 1. The molecule has 2 aromatic heterocycles. The van der Waals surface area contributed by atoms with Gasteiger partial charge < -0.3 is 20.0 Å². The van der Waals surface area contributed by atoms with Crippen LogP contribution in [0, 0.1) is 0 Å². The molecule has 0 saturated carbocycles. The van der Waals surface area contributed by atoms with E-state index in [0.717, 1.165) is 17.8 Å². The van der Waals surface area contributed by atoms with Crippen molar-refractivity contribution in [3.63, 3.8) is 0 Å². The lowest BCUT2D eigenvalue weighted by Gasteiger charge is -2.26. The van der Waals surface area contributed by atoms with Crippen LogP contribution in [0.3, 0.4) is 0 Å². The number of H-pyrrole nitrogens is 1. The van der Waals surface area contributed by atoms with E-state index in [9.17, 15) is 4.79 Å². The van der Waals surface area contributed by atoms with Gasteiger partial charge in [0, 0.05) is 31.2 Å². The van der Waals surface area contributed by atoms with Gasteiger partial charge in [-0.3, -0.25) is 0 Å². The van der Waals surface area contributed by atoms with Gasteiger partial charge in [0.1, 0.15) is 5.69 Å². The zero-order valence-corrected chi connectivity index (χ0v) is 9.18. The molecule has 1 unspecified atom stereocenters. The molecule has 0 bridgehead atoms. The number of nitrogens with one attached hydrogen (secondary N) is 2. The van der Waals surface area contributed by atoms with Crippen molar-refractivity contribution in [3.8, 4) is 0 Å². The number of carbonyl (C=O) groups is 1. The Morgan fingerprint density at radius 3 is 3.00 bits per heavy atom. The third kappa shape index (κ3) is 1.55. The maximum atomic E-state index is 11.1. The quantitative estimate of drug-likeness (QED) is 0.727. The molecule has 17 heavy (non-hydrogen) atoms. The van der Waals surface area contributed by atoms with E-state index in [-0.39, 0.29) is 6.04 Å². The number of rotatable bonds is 2. The zero-order chi connectivity index (χ0) is 11.8. The number of aromatic nitrogens is 2. The molecular formula is C12H13N3O2. The standard InChI is InChI=1S/C12H13N3O2/c16-12(17)10-2-1-9-11(8-3-4-13-7-8)14-5-6-15(9)10/h1-4,7,11,13-14H,5-6H2,(H,16,17). The Kier molecular flexibility index (Phi) is 2.26. The summed E-state index contributed by atoms with van der Waals surface area (Å²) in [7, 11) is 0. The molecule has 3 rings (SSSR count). The van der Waals surface area contributed by atoms with E-state index in [1.165, 1.54) is 0 Å². The summed E-state index contributed by atoms with van der Waals surface area (Å²) in [6.07, 6.45) is 3.80. The van der Waals surface area contributed by atoms with E-state index in [1.54, 1.807) is 6.07 Å². The first kappa shape index (κ1) is 10.2. The average Bonchev–Trinajstić information content (AvgIpc) is 2.97. The van der Waals surface area contributed by atoms with Crippen LogP contribution >= 0.6 is 0 Å². The molecule has 5 heteroatoms. The molecule has 1 atom stereocenters. The Labute approximate surface area is 98.1 Å². The second kappa shape index (κ2) is 3.78. The predicted molar refractivity (Wildman–Crippen MR) is 62.0 cm³/mol. The highest BCUT2D eigenvalue weighted by Gasteiger charge is 2.25. The molecular weight excluding hydrogens is 218 g/mol. The summed E-state index contributed by atoms with van der Waals surface area (Å²) in [4.78, 5) is 14.1. The molecule has 0 radical (unpaired) electrons. The molecule has 88 valence electrons. The Morgan fingerprint density at radius 1 is 1.41 bits per heavy atom. The lowest BCUT2D eigenvalue weighted by Crippen LogP contribution is -2.34. The minimum atomic E-state index is -0.869. The van der Waals surface area contributed by atoms with Gasteiger partial charge in [-0.15, -0.1) is 0 Å². The molecule has 3 heterocycles. The van der Waals surface area contributed by atoms with Gasteiger partial charge in [0.15, 0.2) is 0 Å². The van der Waals surface area contributed by atoms with Crippen LogP contribution in [0.5, 0.6) is 0 Å². The molecule has 2 aromatic rings. The lowest BCUT2D eigenvalue weighted by molar-refractivity contribution is 0.0683. The van der Waals surface area contributed by atoms with Crippen molar-refractivity contribution < 1.29 is 9.90 Å². The van der Waals surface area contributed by atoms with Crippen molar-refractivity contribution in [2.24, 2.45) is 0 Å². The van der Waals surface area contributed by atoms with Crippen LogP contribution in [0.15, 0.2) is 30.6 Å². The Hall–Kier alpha value is -2.01. The van der Waals surface area contributed by atoms with Crippen LogP contribution in [-0.4, -0.2) is 27.2 Å². The maximum absolute atomic E-state index is 11.1. The van der Waals surface area contributed by atoms with Gasteiger partial charge in [-0.25, -0.2) is 4.79 Å². The van der Waals surface area contributed by atoms with Gasteiger partial charge >= 0.3 is 5.97 Å². The highest BCUT2D eigenvalue weighted by Crippen LogP contribution is 2.26. The maximum Gasteiger partial charge on any atom is 0.352 e. The highest BCUT2D eigenvalue weighted by atomic mass is 16.4. The van der Waals surface area contributed by atoms with Crippen LogP contribution in [0.25, 0.3) is 0 Å². The van der Waals surface area contributed by atoms with Gasteiger partial charge in [0.05, 0.1) is 6.04 Å². The van der Waals surface area contributed by atoms with E-state index in [2.05, 4.69) is 10.3 Å². The number of hydrogen-bond donors (Lipinski definition) is 3. The van der Waals surface area contributed by atoms with Crippen molar-refractivity contribution in [2.45, 2.75) is 12.6 Å². The third-order valence-electron chi connectivity index (χ3n) is 3.17. The van der Waals surface area contributed by atoms with E-state index in [0.29, 0.717) is 12.2 Å².